The van der Waals surface area contributed by atoms with Crippen LogP contribution in [0.15, 0.2) is 53.6 Å². The van der Waals surface area contributed by atoms with E-state index in [1.807, 2.05) is 30.3 Å². The Labute approximate surface area is 154 Å². The molecular weight excluding hydrogens is 326 g/mol. The molecule has 1 amide bonds. The predicted molar refractivity (Wildman–Crippen MR) is 105 cm³/mol. The van der Waals surface area contributed by atoms with Gasteiger partial charge in [0, 0.05) is 36.3 Å². The second kappa shape index (κ2) is 8.04. The molecule has 1 saturated carbocycles. The van der Waals surface area contributed by atoms with E-state index in [9.17, 15) is 9.90 Å². The lowest BCUT2D eigenvalue weighted by Crippen LogP contribution is -2.21. The van der Waals surface area contributed by atoms with Gasteiger partial charge in [0.15, 0.2) is 0 Å². The molecule has 26 heavy (non-hydrogen) atoms. The van der Waals surface area contributed by atoms with Crippen molar-refractivity contribution in [2.75, 3.05) is 18.0 Å². The Morgan fingerprint density at radius 3 is 2.62 bits per heavy atom. The van der Waals surface area contributed by atoms with E-state index in [-0.39, 0.29) is 23.5 Å². The molecule has 3 rings (SSSR count). The first kappa shape index (κ1) is 18.0. The summed E-state index contributed by atoms with van der Waals surface area (Å²) in [7, 11) is 0. The van der Waals surface area contributed by atoms with Crippen LogP contribution in [-0.4, -0.2) is 30.3 Å². The topological polar surface area (TPSA) is 64.9 Å². The van der Waals surface area contributed by atoms with Gasteiger partial charge in [0.25, 0.3) is 0 Å². The number of aromatic hydroxyl groups is 1. The van der Waals surface area contributed by atoms with Gasteiger partial charge in [-0.05, 0) is 43.9 Å². The number of nitrogens with zero attached hydrogens (tertiary/aromatic N) is 2. The maximum Gasteiger partial charge on any atom is 0.243 e. The average molecular weight is 351 g/mol. The van der Waals surface area contributed by atoms with Crippen LogP contribution in [0, 0.1) is 5.92 Å². The molecule has 2 aromatic rings. The Morgan fingerprint density at radius 1 is 1.23 bits per heavy atom. The fourth-order valence-electron chi connectivity index (χ4n) is 3.23. The van der Waals surface area contributed by atoms with Crippen molar-refractivity contribution < 1.29 is 9.90 Å². The minimum atomic E-state index is -0.0747. The molecule has 0 bridgehead atoms. The van der Waals surface area contributed by atoms with Crippen molar-refractivity contribution in [1.82, 2.24) is 5.43 Å². The van der Waals surface area contributed by atoms with Crippen LogP contribution in [0.2, 0.25) is 0 Å². The van der Waals surface area contributed by atoms with Crippen LogP contribution in [-0.2, 0) is 4.79 Å². The number of phenolic OH excluding ortho intramolecular Hbond substituents is 1. The number of hydrogen-bond donors (Lipinski definition) is 2. The summed E-state index contributed by atoms with van der Waals surface area (Å²) in [6.45, 7) is 5.91. The van der Waals surface area contributed by atoms with Gasteiger partial charge >= 0.3 is 0 Å². The van der Waals surface area contributed by atoms with Gasteiger partial charge in [-0.25, -0.2) is 5.43 Å². The molecule has 1 fully saturated rings. The van der Waals surface area contributed by atoms with Gasteiger partial charge < -0.3 is 10.0 Å². The minimum Gasteiger partial charge on any atom is -0.507 e. The molecule has 5 heteroatoms. The summed E-state index contributed by atoms with van der Waals surface area (Å²) in [4.78, 5) is 14.3. The molecule has 136 valence electrons. The van der Waals surface area contributed by atoms with Gasteiger partial charge in [0.1, 0.15) is 5.75 Å². The maximum atomic E-state index is 12.2. The zero-order valence-corrected chi connectivity index (χ0v) is 15.2. The van der Waals surface area contributed by atoms with Crippen LogP contribution in [0.4, 0.5) is 5.69 Å². The van der Waals surface area contributed by atoms with Crippen LogP contribution >= 0.6 is 0 Å². The molecule has 0 radical (unpaired) electrons. The molecule has 2 N–H and O–H groups in total. The number of phenols is 1. The number of carbonyl (C=O) groups excluding carboxylic acids is 1. The molecule has 1 aliphatic carbocycles. The number of hydrazone groups is 1. The number of benzene rings is 2. The summed E-state index contributed by atoms with van der Waals surface area (Å²) in [6, 6.07) is 15.5. The average Bonchev–Trinajstić information content (AvgIpc) is 3.46. The van der Waals surface area contributed by atoms with E-state index in [1.54, 1.807) is 6.07 Å². The summed E-state index contributed by atoms with van der Waals surface area (Å²) in [5.41, 5.74) is 5.33. The van der Waals surface area contributed by atoms with E-state index in [1.165, 1.54) is 11.8 Å². The van der Waals surface area contributed by atoms with E-state index < -0.39 is 0 Å². The predicted octanol–water partition coefficient (Wildman–Crippen LogP) is 3.49. The van der Waals surface area contributed by atoms with Crippen molar-refractivity contribution in [2.24, 2.45) is 11.0 Å². The van der Waals surface area contributed by atoms with Gasteiger partial charge in [-0.1, -0.05) is 30.3 Å². The molecular formula is C21H25N3O2. The van der Waals surface area contributed by atoms with Gasteiger partial charge in [-0.2, -0.15) is 5.10 Å². The Balaban J connectivity index is 1.56. The van der Waals surface area contributed by atoms with Crippen LogP contribution in [0.3, 0.4) is 0 Å². The smallest absolute Gasteiger partial charge is 0.243 e. The summed E-state index contributed by atoms with van der Waals surface area (Å²) >= 11 is 0. The van der Waals surface area contributed by atoms with Crippen molar-refractivity contribution >= 4 is 17.8 Å². The van der Waals surface area contributed by atoms with Crippen molar-refractivity contribution in [3.05, 3.63) is 59.7 Å². The first-order valence-corrected chi connectivity index (χ1v) is 9.09. The highest BCUT2D eigenvalue weighted by Crippen LogP contribution is 2.47. The summed E-state index contributed by atoms with van der Waals surface area (Å²) in [5, 5.41) is 14.2. The lowest BCUT2D eigenvalue weighted by atomic mass is 10.1. The Kier molecular flexibility index (Phi) is 5.56. The number of nitrogens with one attached hydrogen (secondary N) is 1. The summed E-state index contributed by atoms with van der Waals surface area (Å²) in [5.74, 6) is 0.344. The molecule has 2 atom stereocenters. The third kappa shape index (κ3) is 4.04. The number of rotatable bonds is 7. The minimum absolute atomic E-state index is 0.0202. The van der Waals surface area contributed by atoms with E-state index in [2.05, 4.69) is 41.4 Å². The molecule has 0 unspecified atom stereocenters. The van der Waals surface area contributed by atoms with Crippen molar-refractivity contribution in [3.63, 3.8) is 0 Å². The fraction of sp³-hybridized carbons (Fsp3) is 0.333. The third-order valence-corrected chi connectivity index (χ3v) is 4.88. The van der Waals surface area contributed by atoms with E-state index in [0.717, 1.165) is 25.2 Å². The van der Waals surface area contributed by atoms with Crippen LogP contribution < -0.4 is 10.3 Å². The monoisotopic (exact) mass is 351 g/mol. The quantitative estimate of drug-likeness (QED) is 0.593. The van der Waals surface area contributed by atoms with Gasteiger partial charge in [-0.3, -0.25) is 4.79 Å². The second-order valence-corrected chi connectivity index (χ2v) is 6.51. The standard InChI is InChI=1S/C21H25N3O2/c1-3-24(4-2)17-11-10-16(20(25)12-17)14-22-23-21(26)19-13-18(19)15-8-6-5-7-9-15/h5-12,14,18-19,25H,3-4,13H2,1-2H3,(H,23,26)/b22-14+/t18-,19+/m1/s1. The number of hydrogen-bond acceptors (Lipinski definition) is 4. The first-order chi connectivity index (χ1) is 12.6. The normalized spacial score (nSPS) is 18.7. The zero-order valence-electron chi connectivity index (χ0n) is 15.2. The number of anilines is 1. The first-order valence-electron chi connectivity index (χ1n) is 9.09. The molecule has 0 spiro atoms. The van der Waals surface area contributed by atoms with Crippen molar-refractivity contribution in [2.45, 2.75) is 26.2 Å². The lowest BCUT2D eigenvalue weighted by Gasteiger charge is -2.21. The van der Waals surface area contributed by atoms with Crippen molar-refractivity contribution in [1.29, 1.82) is 0 Å². The summed E-state index contributed by atoms with van der Waals surface area (Å²) < 4.78 is 0. The van der Waals surface area contributed by atoms with Gasteiger partial charge in [-0.15, -0.1) is 0 Å². The second-order valence-electron chi connectivity index (χ2n) is 6.51. The molecule has 5 nitrogen and oxygen atoms in total. The van der Waals surface area contributed by atoms with Gasteiger partial charge in [0.2, 0.25) is 5.91 Å². The van der Waals surface area contributed by atoms with Crippen molar-refractivity contribution in [3.8, 4) is 5.75 Å². The molecule has 0 aliphatic heterocycles. The van der Waals surface area contributed by atoms with Gasteiger partial charge in [0.05, 0.1) is 6.21 Å². The largest absolute Gasteiger partial charge is 0.507 e. The number of carbonyl (C=O) groups is 1. The Bertz CT molecular complexity index is 785. The molecule has 1 aliphatic rings. The highest BCUT2D eigenvalue weighted by molar-refractivity contribution is 5.87. The van der Waals surface area contributed by atoms with E-state index in [4.69, 9.17) is 0 Å². The van der Waals surface area contributed by atoms with Crippen LogP contribution in [0.1, 0.15) is 37.3 Å². The van der Waals surface area contributed by atoms with Crippen LogP contribution in [0.5, 0.6) is 5.75 Å². The highest BCUT2D eigenvalue weighted by Gasteiger charge is 2.43. The molecule has 0 saturated heterocycles. The Hall–Kier alpha value is -2.82. The SMILES string of the molecule is CCN(CC)c1ccc(/C=N/NC(=O)[C@H]2C[C@@H]2c2ccccc2)c(O)c1. The van der Waals surface area contributed by atoms with Crippen LogP contribution in [0.25, 0.3) is 0 Å². The zero-order chi connectivity index (χ0) is 18.5. The maximum absolute atomic E-state index is 12.2. The molecule has 0 heterocycles. The third-order valence-electron chi connectivity index (χ3n) is 4.88. The summed E-state index contributed by atoms with van der Waals surface area (Å²) in [6.07, 6.45) is 2.34. The van der Waals surface area contributed by atoms with E-state index >= 15 is 0 Å². The molecule has 2 aromatic carbocycles. The lowest BCUT2D eigenvalue weighted by molar-refractivity contribution is -0.122. The highest BCUT2D eigenvalue weighted by atomic mass is 16.3. The fourth-order valence-corrected chi connectivity index (χ4v) is 3.23. The molecule has 0 aromatic heterocycles. The Morgan fingerprint density at radius 2 is 1.96 bits per heavy atom. The number of amides is 1. The van der Waals surface area contributed by atoms with E-state index in [0.29, 0.717) is 5.56 Å².